The molecule has 1 aliphatic heterocycles. The summed E-state index contributed by atoms with van der Waals surface area (Å²) < 4.78 is 26.0. The third kappa shape index (κ3) is 3.67. The first-order chi connectivity index (χ1) is 14.8. The lowest BCUT2D eigenvalue weighted by Crippen LogP contribution is -2.37. The Morgan fingerprint density at radius 3 is 2.74 bits per heavy atom. The highest BCUT2D eigenvalue weighted by Crippen LogP contribution is 2.35. The van der Waals surface area contributed by atoms with Gasteiger partial charge in [-0.1, -0.05) is 5.16 Å². The van der Waals surface area contributed by atoms with Crippen LogP contribution in [-0.4, -0.2) is 48.3 Å². The Morgan fingerprint density at radius 1 is 1.26 bits per heavy atom. The lowest BCUT2D eigenvalue weighted by molar-refractivity contribution is 0.0735. The minimum atomic E-state index is -0.510. The number of amides is 1. The molecule has 0 atom stereocenters. The Labute approximate surface area is 178 Å². The molecule has 0 unspecified atom stereocenters. The molecular formula is C22H23FN4O4. The van der Waals surface area contributed by atoms with Gasteiger partial charge in [0.05, 0.1) is 7.11 Å². The molecule has 8 nitrogen and oxygen atoms in total. The van der Waals surface area contributed by atoms with Crippen molar-refractivity contribution in [2.45, 2.75) is 13.0 Å². The van der Waals surface area contributed by atoms with E-state index in [0.717, 1.165) is 11.1 Å². The SMILES string of the molecule is COc1cc(-c2onc(N(C)C)c2C(=O)N2CCc3cc(=O)n(C)cc3C2)ccc1F. The zero-order chi connectivity index (χ0) is 22.3. The molecule has 3 heterocycles. The van der Waals surface area contributed by atoms with Crippen LogP contribution >= 0.6 is 0 Å². The Bertz CT molecular complexity index is 1210. The lowest BCUT2D eigenvalue weighted by atomic mass is 10.00. The molecule has 9 heteroatoms. The predicted molar refractivity (Wildman–Crippen MR) is 113 cm³/mol. The Kier molecular flexibility index (Phi) is 5.26. The molecule has 162 valence electrons. The van der Waals surface area contributed by atoms with Crippen LogP contribution in [-0.2, 0) is 20.0 Å². The molecule has 0 fully saturated rings. The van der Waals surface area contributed by atoms with Crippen LogP contribution < -0.4 is 15.2 Å². The van der Waals surface area contributed by atoms with Gasteiger partial charge in [-0.15, -0.1) is 0 Å². The zero-order valence-corrected chi connectivity index (χ0v) is 17.8. The van der Waals surface area contributed by atoms with Crippen molar-refractivity contribution in [3.8, 4) is 17.1 Å². The van der Waals surface area contributed by atoms with Crippen LogP contribution in [0.1, 0.15) is 21.5 Å². The minimum Gasteiger partial charge on any atom is -0.494 e. The van der Waals surface area contributed by atoms with Crippen molar-refractivity contribution < 1.29 is 18.4 Å². The molecule has 1 amide bonds. The average molecular weight is 426 g/mol. The Balaban J connectivity index is 1.75. The van der Waals surface area contributed by atoms with E-state index in [-0.39, 0.29) is 23.0 Å². The topological polar surface area (TPSA) is 80.8 Å². The molecule has 1 aliphatic rings. The summed E-state index contributed by atoms with van der Waals surface area (Å²) >= 11 is 0. The maximum Gasteiger partial charge on any atom is 0.262 e. The number of aryl methyl sites for hydroxylation is 1. The molecule has 3 aromatic rings. The molecule has 0 N–H and O–H groups in total. The molecule has 2 aromatic heterocycles. The summed E-state index contributed by atoms with van der Waals surface area (Å²) in [6.07, 6.45) is 2.35. The molecule has 0 saturated heterocycles. The summed E-state index contributed by atoms with van der Waals surface area (Å²) in [7, 11) is 6.60. The molecule has 0 aliphatic carbocycles. The van der Waals surface area contributed by atoms with Gasteiger partial charge >= 0.3 is 0 Å². The average Bonchev–Trinajstić information content (AvgIpc) is 3.19. The van der Waals surface area contributed by atoms with Crippen LogP contribution in [0.25, 0.3) is 11.3 Å². The van der Waals surface area contributed by atoms with Crippen LogP contribution in [0.2, 0.25) is 0 Å². The number of ether oxygens (including phenoxy) is 1. The van der Waals surface area contributed by atoms with Gasteiger partial charge in [-0.05, 0) is 35.7 Å². The molecule has 31 heavy (non-hydrogen) atoms. The molecule has 1 aromatic carbocycles. The molecule has 0 bridgehead atoms. The maximum atomic E-state index is 13.9. The summed E-state index contributed by atoms with van der Waals surface area (Å²) in [5.41, 5.74) is 2.59. The van der Waals surface area contributed by atoms with E-state index in [1.54, 1.807) is 43.2 Å². The van der Waals surface area contributed by atoms with Crippen molar-refractivity contribution >= 4 is 11.7 Å². The lowest BCUT2D eigenvalue weighted by Gasteiger charge is -2.29. The second-order valence-electron chi connectivity index (χ2n) is 7.70. The maximum absolute atomic E-state index is 13.9. The number of aromatic nitrogens is 2. The summed E-state index contributed by atoms with van der Waals surface area (Å²) in [6.45, 7) is 0.829. The first kappa shape index (κ1) is 20.6. The van der Waals surface area contributed by atoms with E-state index in [2.05, 4.69) is 5.16 Å². The summed E-state index contributed by atoms with van der Waals surface area (Å²) in [5, 5.41) is 4.08. The third-order valence-corrected chi connectivity index (χ3v) is 5.43. The summed E-state index contributed by atoms with van der Waals surface area (Å²) in [4.78, 5) is 28.9. The van der Waals surface area contributed by atoms with Gasteiger partial charge < -0.3 is 23.6 Å². The number of anilines is 1. The largest absolute Gasteiger partial charge is 0.494 e. The van der Waals surface area contributed by atoms with Crippen molar-refractivity contribution in [1.82, 2.24) is 14.6 Å². The normalized spacial score (nSPS) is 13.1. The number of carbonyl (C=O) groups is 1. The smallest absolute Gasteiger partial charge is 0.262 e. The third-order valence-electron chi connectivity index (χ3n) is 5.43. The number of fused-ring (bicyclic) bond motifs is 1. The van der Waals surface area contributed by atoms with Crippen LogP contribution in [0.5, 0.6) is 5.75 Å². The number of rotatable bonds is 4. The Hall–Kier alpha value is -3.62. The molecular weight excluding hydrogens is 403 g/mol. The van der Waals surface area contributed by atoms with Crippen molar-refractivity contribution in [2.75, 3.05) is 32.6 Å². The minimum absolute atomic E-state index is 0.0477. The fourth-order valence-electron chi connectivity index (χ4n) is 3.75. The van der Waals surface area contributed by atoms with E-state index in [1.807, 2.05) is 0 Å². The predicted octanol–water partition coefficient (Wildman–Crippen LogP) is 2.45. The van der Waals surface area contributed by atoms with Gasteiger partial charge in [-0.3, -0.25) is 9.59 Å². The van der Waals surface area contributed by atoms with Gasteiger partial charge in [0, 0.05) is 52.1 Å². The number of benzene rings is 1. The van der Waals surface area contributed by atoms with Crippen molar-refractivity contribution in [3.63, 3.8) is 0 Å². The van der Waals surface area contributed by atoms with Crippen molar-refractivity contribution in [3.05, 3.63) is 63.3 Å². The number of carbonyl (C=O) groups excluding carboxylic acids is 1. The Morgan fingerprint density at radius 2 is 2.03 bits per heavy atom. The first-order valence-electron chi connectivity index (χ1n) is 9.78. The quantitative estimate of drug-likeness (QED) is 0.638. The number of halogens is 1. The second kappa shape index (κ2) is 7.90. The van der Waals surface area contributed by atoms with Crippen LogP contribution in [0.15, 0.2) is 39.8 Å². The van der Waals surface area contributed by atoms with Gasteiger partial charge in [-0.2, -0.15) is 0 Å². The van der Waals surface area contributed by atoms with E-state index < -0.39 is 5.82 Å². The van der Waals surface area contributed by atoms with Crippen LogP contribution in [0, 0.1) is 5.82 Å². The van der Waals surface area contributed by atoms with E-state index in [4.69, 9.17) is 9.26 Å². The van der Waals surface area contributed by atoms with E-state index >= 15 is 0 Å². The van der Waals surface area contributed by atoms with Gasteiger partial charge in [0.1, 0.15) is 5.56 Å². The van der Waals surface area contributed by atoms with Gasteiger partial charge in [-0.25, -0.2) is 4.39 Å². The number of hydrogen-bond donors (Lipinski definition) is 0. The summed E-state index contributed by atoms with van der Waals surface area (Å²) in [5.74, 6) is -0.0770. The first-order valence-corrected chi connectivity index (χ1v) is 9.78. The highest BCUT2D eigenvalue weighted by atomic mass is 19.1. The number of hydrogen-bond acceptors (Lipinski definition) is 6. The second-order valence-corrected chi connectivity index (χ2v) is 7.70. The number of methoxy groups -OCH3 is 1. The molecule has 4 rings (SSSR count). The summed E-state index contributed by atoms with van der Waals surface area (Å²) in [6, 6.07) is 5.89. The van der Waals surface area contributed by atoms with Gasteiger partial charge in [0.15, 0.2) is 23.1 Å². The van der Waals surface area contributed by atoms with Gasteiger partial charge in [0.25, 0.3) is 11.5 Å². The fourth-order valence-corrected chi connectivity index (χ4v) is 3.75. The van der Waals surface area contributed by atoms with Crippen molar-refractivity contribution in [2.24, 2.45) is 7.05 Å². The van der Waals surface area contributed by atoms with Crippen molar-refractivity contribution in [1.29, 1.82) is 0 Å². The standard InChI is InChI=1S/C22H23FN4O4/c1-25(2)21-19(20(31-24-21)14-5-6-16(23)17(9-14)30-4)22(29)27-8-7-13-10-18(28)26(3)11-15(13)12-27/h5-6,9-11H,7-8,12H2,1-4H3. The highest BCUT2D eigenvalue weighted by Gasteiger charge is 2.31. The van der Waals surface area contributed by atoms with Gasteiger partial charge in [0.2, 0.25) is 0 Å². The zero-order valence-electron chi connectivity index (χ0n) is 17.8. The number of nitrogens with zero attached hydrogens (tertiary/aromatic N) is 4. The molecule has 0 saturated carbocycles. The monoisotopic (exact) mass is 426 g/mol. The fraction of sp³-hybridized carbons (Fsp3) is 0.318. The highest BCUT2D eigenvalue weighted by molar-refractivity contribution is 6.04. The molecule has 0 radical (unpaired) electrons. The van der Waals surface area contributed by atoms with E-state index in [9.17, 15) is 14.0 Å². The number of pyridine rings is 1. The van der Waals surface area contributed by atoms with Crippen LogP contribution in [0.4, 0.5) is 10.2 Å². The molecule has 0 spiro atoms. The van der Waals surface area contributed by atoms with E-state index in [1.165, 1.54) is 29.9 Å². The van der Waals surface area contributed by atoms with Crippen LogP contribution in [0.3, 0.4) is 0 Å². The van der Waals surface area contributed by atoms with E-state index in [0.29, 0.717) is 36.5 Å².